The zero-order valence-corrected chi connectivity index (χ0v) is 41.5. The molecule has 4 aromatic rings. The van der Waals surface area contributed by atoms with Gasteiger partial charge < -0.3 is 23.8 Å². The Bertz CT molecular complexity index is 2560. The first kappa shape index (κ1) is 48.1. The smallest absolute Gasteiger partial charge is 0.410 e. The van der Waals surface area contributed by atoms with Gasteiger partial charge in [0.25, 0.3) is 0 Å². The van der Waals surface area contributed by atoms with Crippen LogP contribution < -0.4 is 14.4 Å². The number of alkyl halides is 1. The van der Waals surface area contributed by atoms with Crippen LogP contribution in [0.2, 0.25) is 21.6 Å². The molecular weight excluding hydrogens is 890 g/mol. The predicted octanol–water partition coefficient (Wildman–Crippen LogP) is 11.6. The third-order valence-electron chi connectivity index (χ3n) is 14.5. The normalized spacial score (nSPS) is 22.2. The van der Waals surface area contributed by atoms with Crippen LogP contribution in [0, 0.1) is 28.9 Å². The molecule has 0 spiro atoms. The maximum absolute atomic E-state index is 18.1. The summed E-state index contributed by atoms with van der Waals surface area (Å²) in [6.07, 6.45) is 1.79. The maximum Gasteiger partial charge on any atom is 0.410 e. The van der Waals surface area contributed by atoms with Crippen molar-refractivity contribution in [1.29, 1.82) is 0 Å². The Kier molecular flexibility index (Phi) is 13.3. The highest BCUT2D eigenvalue weighted by Gasteiger charge is 2.50. The van der Waals surface area contributed by atoms with E-state index in [-0.39, 0.29) is 107 Å². The van der Waals surface area contributed by atoms with Crippen LogP contribution in [0.3, 0.4) is 0 Å². The molecule has 4 aliphatic heterocycles. The maximum atomic E-state index is 18.1. The van der Waals surface area contributed by atoms with Gasteiger partial charge in [-0.3, -0.25) is 9.80 Å². The summed E-state index contributed by atoms with van der Waals surface area (Å²) < 4.78 is 90.3. The first-order valence-corrected chi connectivity index (χ1v) is 25.9. The van der Waals surface area contributed by atoms with Crippen molar-refractivity contribution in [1.82, 2.24) is 19.8 Å². The van der Waals surface area contributed by atoms with Crippen molar-refractivity contribution >= 4 is 53.3 Å². The number of piperazine rings is 1. The first-order chi connectivity index (χ1) is 31.2. The molecule has 66 heavy (non-hydrogen) atoms. The van der Waals surface area contributed by atoms with E-state index >= 15 is 13.2 Å². The van der Waals surface area contributed by atoms with Crippen LogP contribution in [0.25, 0.3) is 32.8 Å². The minimum atomic E-state index is -2.43. The highest BCUT2D eigenvalue weighted by atomic mass is 35.5. The van der Waals surface area contributed by atoms with Crippen molar-refractivity contribution in [2.75, 3.05) is 51.6 Å². The minimum absolute atomic E-state index is 0.00322. The van der Waals surface area contributed by atoms with E-state index < -0.39 is 59.5 Å². The lowest BCUT2D eigenvalue weighted by molar-refractivity contribution is 0.0122. The van der Waals surface area contributed by atoms with Crippen LogP contribution in [0.4, 0.5) is 28.2 Å². The number of ether oxygens (including phenoxy) is 4. The Morgan fingerprint density at radius 1 is 0.955 bits per heavy atom. The van der Waals surface area contributed by atoms with Crippen molar-refractivity contribution in [3.8, 4) is 34.4 Å². The summed E-state index contributed by atoms with van der Waals surface area (Å²) in [6, 6.07) is 5.18. The zero-order valence-electron chi connectivity index (χ0n) is 39.7. The average Bonchev–Trinajstić information content (AvgIpc) is 3.87. The number of nitrogens with zero attached hydrogens (tertiary/aromatic N) is 5. The number of methoxy groups -OCH3 is 1. The van der Waals surface area contributed by atoms with E-state index in [1.165, 1.54) is 25.3 Å². The standard InChI is InChI=1S/C50H62ClF4N5O5Si/c1-28(2)66(29(3)4,30(5)6)19-16-36-38(53)15-12-31-20-35(64-27-62-10)21-37(39(31)36)40-43(54)42(51)41-45(44(40)55)56-47(63-26-50-17-11-18-59(50)23-32(52)22-50)57-46(41)58-24-33-13-14-34(25-58)60(33)48(61)65-49(7,8)9/h12,15,20-21,28-30,32-34H,11,13-14,17-18,22-27H2,1-10H3/t32-,33?,34?,50+/m1/s1. The van der Waals surface area contributed by atoms with Crippen molar-refractivity contribution in [3.63, 3.8) is 0 Å². The van der Waals surface area contributed by atoms with Crippen LogP contribution in [-0.2, 0) is 9.47 Å². The van der Waals surface area contributed by atoms with E-state index in [4.69, 9.17) is 35.5 Å². The highest BCUT2D eigenvalue weighted by molar-refractivity contribution is 6.90. The van der Waals surface area contributed by atoms with Crippen LogP contribution >= 0.6 is 11.6 Å². The fourth-order valence-electron chi connectivity index (χ4n) is 11.6. The Morgan fingerprint density at radius 2 is 1.64 bits per heavy atom. The third-order valence-corrected chi connectivity index (χ3v) is 21.1. The van der Waals surface area contributed by atoms with Crippen molar-refractivity contribution in [2.45, 2.75) is 140 Å². The van der Waals surface area contributed by atoms with Gasteiger partial charge in [-0.05, 0) is 93.2 Å². The van der Waals surface area contributed by atoms with Gasteiger partial charge in [-0.1, -0.05) is 65.1 Å². The summed E-state index contributed by atoms with van der Waals surface area (Å²) >= 11 is 7.14. The second-order valence-corrected chi connectivity index (χ2v) is 26.6. The van der Waals surface area contributed by atoms with Crippen LogP contribution in [-0.4, -0.2) is 110 Å². The SMILES string of the molecule is COCOc1cc(-c2c(F)c(Cl)c3c(N4CC5CCC(C4)N5C(=O)OC(C)(C)C)nc(OC[C@@]45CCCN4C[C@H](F)C5)nc3c2F)c2c(C#C[Si](C(C)C)(C(C)C)C(C)C)c(F)ccc2c1. The van der Waals surface area contributed by atoms with Gasteiger partial charge in [-0.2, -0.15) is 9.97 Å². The molecular formula is C50H62ClF4N5O5Si. The molecule has 8 rings (SSSR count). The summed E-state index contributed by atoms with van der Waals surface area (Å²) in [5.74, 6) is 0.758. The van der Waals surface area contributed by atoms with E-state index in [1.807, 2.05) is 25.7 Å². The number of carbonyl (C=O) groups excluding carboxylic acids is 1. The van der Waals surface area contributed by atoms with E-state index in [1.54, 1.807) is 11.0 Å². The number of halogens is 5. The predicted molar refractivity (Wildman–Crippen MR) is 253 cm³/mol. The number of fused-ring (bicyclic) bond motifs is 5. The molecule has 4 atom stereocenters. The fourth-order valence-corrected chi connectivity index (χ4v) is 17.1. The highest BCUT2D eigenvalue weighted by Crippen LogP contribution is 2.48. The van der Waals surface area contributed by atoms with E-state index in [9.17, 15) is 9.18 Å². The van der Waals surface area contributed by atoms with Gasteiger partial charge in [-0.25, -0.2) is 22.4 Å². The van der Waals surface area contributed by atoms with Crippen molar-refractivity contribution < 1.29 is 41.3 Å². The molecule has 0 N–H and O–H groups in total. The summed E-state index contributed by atoms with van der Waals surface area (Å²) in [7, 11) is -0.973. The molecule has 3 aromatic carbocycles. The lowest BCUT2D eigenvalue weighted by Gasteiger charge is -2.42. The number of hydrogen-bond donors (Lipinski definition) is 0. The number of rotatable bonds is 11. The van der Waals surface area contributed by atoms with Crippen LogP contribution in [0.15, 0.2) is 24.3 Å². The molecule has 0 saturated carbocycles. The summed E-state index contributed by atoms with van der Waals surface area (Å²) in [5.41, 5.74) is 2.09. The number of carbonyl (C=O) groups is 1. The Balaban J connectivity index is 1.34. The number of benzene rings is 3. The van der Waals surface area contributed by atoms with Crippen molar-refractivity contribution in [3.05, 3.63) is 52.3 Å². The fraction of sp³-hybridized carbons (Fsp3) is 0.580. The molecule has 0 radical (unpaired) electrons. The summed E-state index contributed by atoms with van der Waals surface area (Å²) in [6.45, 7) is 19.8. The molecule has 2 bridgehead atoms. The molecule has 4 aliphatic rings. The molecule has 2 unspecified atom stereocenters. The largest absolute Gasteiger partial charge is 0.468 e. The van der Waals surface area contributed by atoms with Gasteiger partial charge >= 0.3 is 12.1 Å². The Morgan fingerprint density at radius 3 is 2.27 bits per heavy atom. The molecule has 5 heterocycles. The molecule has 1 amide bonds. The topological polar surface area (TPSA) is 89.5 Å². The number of anilines is 1. The van der Waals surface area contributed by atoms with Crippen LogP contribution in [0.5, 0.6) is 11.8 Å². The molecule has 4 fully saturated rings. The van der Waals surface area contributed by atoms with Gasteiger partial charge in [-0.15, -0.1) is 5.54 Å². The number of hydrogen-bond acceptors (Lipinski definition) is 9. The zero-order chi connectivity index (χ0) is 47.6. The van der Waals surface area contributed by atoms with E-state index in [0.29, 0.717) is 31.2 Å². The second-order valence-electron chi connectivity index (χ2n) is 20.6. The average molecular weight is 953 g/mol. The van der Waals surface area contributed by atoms with E-state index in [2.05, 4.69) is 62.9 Å². The number of aromatic nitrogens is 2. The second kappa shape index (κ2) is 18.3. The summed E-state index contributed by atoms with van der Waals surface area (Å²) in [5, 5.41) is 0.0802. The molecule has 1 aromatic heterocycles. The third kappa shape index (κ3) is 8.57. The van der Waals surface area contributed by atoms with E-state index in [0.717, 1.165) is 13.0 Å². The molecule has 356 valence electrons. The number of amides is 1. The first-order valence-electron chi connectivity index (χ1n) is 23.3. The minimum Gasteiger partial charge on any atom is -0.468 e. The monoisotopic (exact) mass is 951 g/mol. The van der Waals surface area contributed by atoms with Crippen molar-refractivity contribution in [2.24, 2.45) is 0 Å². The van der Waals surface area contributed by atoms with Gasteiger partial charge in [0.1, 0.15) is 49.4 Å². The lowest BCUT2D eigenvalue weighted by Crippen LogP contribution is -2.57. The summed E-state index contributed by atoms with van der Waals surface area (Å²) in [4.78, 5) is 28.7. The Hall–Kier alpha value is -4.36. The van der Waals surface area contributed by atoms with Crippen LogP contribution in [0.1, 0.15) is 100.0 Å². The van der Waals surface area contributed by atoms with Gasteiger partial charge in [0.15, 0.2) is 18.4 Å². The molecule has 16 heteroatoms. The molecule has 0 aliphatic carbocycles. The van der Waals surface area contributed by atoms with Gasteiger partial charge in [0.2, 0.25) is 0 Å². The van der Waals surface area contributed by atoms with Gasteiger partial charge in [0, 0.05) is 44.1 Å². The quantitative estimate of drug-likeness (QED) is 0.0479. The lowest BCUT2D eigenvalue weighted by atomic mass is 9.92. The van der Waals surface area contributed by atoms with Gasteiger partial charge in [0.05, 0.1) is 39.2 Å². The molecule has 4 saturated heterocycles. The Labute approximate surface area is 391 Å². The molecule has 10 nitrogen and oxygen atoms in total.